The minimum Gasteiger partial charge on any atom is -0.310 e. The van der Waals surface area contributed by atoms with Gasteiger partial charge in [0.05, 0.1) is 5.41 Å². The van der Waals surface area contributed by atoms with Crippen molar-refractivity contribution in [1.82, 2.24) is 0 Å². The molecule has 0 fully saturated rings. The molecule has 1 unspecified atom stereocenters. The molecule has 0 radical (unpaired) electrons. The van der Waals surface area contributed by atoms with E-state index < -0.39 is 5.41 Å². The second-order valence-electron chi connectivity index (χ2n) is 11.3. The highest BCUT2D eigenvalue weighted by Crippen LogP contribution is 2.63. The first-order chi connectivity index (χ1) is 21.3. The molecule has 0 amide bonds. The van der Waals surface area contributed by atoms with Gasteiger partial charge >= 0.3 is 0 Å². The van der Waals surface area contributed by atoms with Crippen LogP contribution in [0.4, 0.5) is 17.1 Å². The monoisotopic (exact) mass is 565 g/mol. The summed E-state index contributed by atoms with van der Waals surface area (Å²) in [4.78, 5) is 5.00. The molecular weight excluding hydrogens is 539 g/mol. The summed E-state index contributed by atoms with van der Waals surface area (Å²) in [5, 5.41) is 2.59. The highest BCUT2D eigenvalue weighted by molar-refractivity contribution is 7.99. The topological polar surface area (TPSA) is 3.24 Å². The minimum atomic E-state index is -0.445. The molecule has 2 aliphatic rings. The summed E-state index contributed by atoms with van der Waals surface area (Å²) >= 11 is 1.89. The number of para-hydroxylation sites is 2. The van der Waals surface area contributed by atoms with Crippen LogP contribution in [0.25, 0.3) is 21.9 Å². The Morgan fingerprint density at radius 1 is 0.419 bits per heavy atom. The SMILES string of the molecule is c1ccc(N(c2ccccc2)c2ccc3c(c2)C2(c4ccccc4S3)c3ccccc3-c3ccc4ccccc4c32)cc1. The van der Waals surface area contributed by atoms with Crippen LogP contribution in [-0.2, 0) is 5.41 Å². The molecule has 202 valence electrons. The largest absolute Gasteiger partial charge is 0.310 e. The lowest BCUT2D eigenvalue weighted by Crippen LogP contribution is -2.32. The molecule has 2 heteroatoms. The van der Waals surface area contributed by atoms with Gasteiger partial charge in [0.2, 0.25) is 0 Å². The molecule has 7 aromatic rings. The summed E-state index contributed by atoms with van der Waals surface area (Å²) in [5.41, 5.74) is 11.1. The number of nitrogens with zero attached hydrogens (tertiary/aromatic N) is 1. The van der Waals surface area contributed by atoms with Crippen molar-refractivity contribution in [3.8, 4) is 11.1 Å². The van der Waals surface area contributed by atoms with Gasteiger partial charge in [-0.3, -0.25) is 0 Å². The van der Waals surface area contributed by atoms with Crippen LogP contribution in [0.5, 0.6) is 0 Å². The van der Waals surface area contributed by atoms with Crippen molar-refractivity contribution in [2.75, 3.05) is 4.90 Å². The van der Waals surface area contributed by atoms with Crippen molar-refractivity contribution >= 4 is 39.6 Å². The average molecular weight is 566 g/mol. The summed E-state index contributed by atoms with van der Waals surface area (Å²) in [6.45, 7) is 0. The van der Waals surface area contributed by atoms with Gasteiger partial charge in [0.15, 0.2) is 0 Å². The molecule has 1 heterocycles. The maximum atomic E-state index is 2.46. The molecule has 0 saturated carbocycles. The van der Waals surface area contributed by atoms with E-state index in [0.29, 0.717) is 0 Å². The molecule has 1 aliphatic carbocycles. The second kappa shape index (κ2) is 9.49. The smallest absolute Gasteiger partial charge is 0.0742 e. The van der Waals surface area contributed by atoms with Crippen molar-refractivity contribution in [2.45, 2.75) is 15.2 Å². The van der Waals surface area contributed by atoms with Gasteiger partial charge in [-0.15, -0.1) is 0 Å². The molecule has 43 heavy (non-hydrogen) atoms. The lowest BCUT2D eigenvalue weighted by Gasteiger charge is -2.41. The highest BCUT2D eigenvalue weighted by Gasteiger charge is 2.51. The van der Waals surface area contributed by atoms with E-state index in [0.717, 1.165) is 17.1 Å². The molecule has 9 rings (SSSR count). The molecule has 0 bridgehead atoms. The molecular formula is C41H27NS. The van der Waals surface area contributed by atoms with Crippen molar-refractivity contribution in [3.05, 3.63) is 186 Å². The van der Waals surface area contributed by atoms with Crippen LogP contribution in [0.2, 0.25) is 0 Å². The Kier molecular flexibility index (Phi) is 5.41. The molecule has 0 N–H and O–H groups in total. The van der Waals surface area contributed by atoms with E-state index in [1.807, 2.05) is 11.8 Å². The van der Waals surface area contributed by atoms with Crippen molar-refractivity contribution in [1.29, 1.82) is 0 Å². The van der Waals surface area contributed by atoms with E-state index in [9.17, 15) is 0 Å². The van der Waals surface area contributed by atoms with Gasteiger partial charge < -0.3 is 4.90 Å². The van der Waals surface area contributed by atoms with Crippen LogP contribution in [0.1, 0.15) is 22.3 Å². The number of anilines is 3. The molecule has 0 aromatic heterocycles. The van der Waals surface area contributed by atoms with E-state index in [1.165, 1.54) is 53.9 Å². The van der Waals surface area contributed by atoms with E-state index in [-0.39, 0.29) is 0 Å². The lowest BCUT2D eigenvalue weighted by atomic mass is 9.66. The summed E-state index contributed by atoms with van der Waals surface area (Å²) < 4.78 is 0. The van der Waals surface area contributed by atoms with E-state index in [4.69, 9.17) is 0 Å². The molecule has 1 aliphatic heterocycles. The van der Waals surface area contributed by atoms with E-state index in [1.54, 1.807) is 0 Å². The normalized spacial score (nSPS) is 15.9. The van der Waals surface area contributed by atoms with Gasteiger partial charge in [0, 0.05) is 26.9 Å². The summed E-state index contributed by atoms with van der Waals surface area (Å²) in [6, 6.07) is 60.2. The number of hydrogen-bond acceptors (Lipinski definition) is 2. The number of fused-ring (bicyclic) bond motifs is 11. The molecule has 1 nitrogen and oxygen atoms in total. The fourth-order valence-electron chi connectivity index (χ4n) is 7.41. The van der Waals surface area contributed by atoms with Gasteiger partial charge in [-0.1, -0.05) is 127 Å². The average Bonchev–Trinajstić information content (AvgIpc) is 3.37. The van der Waals surface area contributed by atoms with Crippen LogP contribution >= 0.6 is 11.8 Å². The van der Waals surface area contributed by atoms with E-state index >= 15 is 0 Å². The van der Waals surface area contributed by atoms with Gasteiger partial charge in [0.1, 0.15) is 0 Å². The molecule has 1 spiro atoms. The van der Waals surface area contributed by atoms with Gasteiger partial charge in [0.25, 0.3) is 0 Å². The number of rotatable bonds is 3. The summed E-state index contributed by atoms with van der Waals surface area (Å²) in [5.74, 6) is 0. The van der Waals surface area contributed by atoms with Gasteiger partial charge in [-0.25, -0.2) is 0 Å². The third-order valence-electron chi connectivity index (χ3n) is 9.09. The predicted octanol–water partition coefficient (Wildman–Crippen LogP) is 11.1. The Balaban J connectivity index is 1.41. The Labute approximate surface area is 256 Å². The Morgan fingerprint density at radius 3 is 1.84 bits per heavy atom. The van der Waals surface area contributed by atoms with E-state index in [2.05, 4.69) is 169 Å². The first-order valence-electron chi connectivity index (χ1n) is 14.8. The second-order valence-corrected chi connectivity index (χ2v) is 12.4. The minimum absolute atomic E-state index is 0.445. The fourth-order valence-corrected chi connectivity index (χ4v) is 8.58. The molecule has 1 atom stereocenters. The summed E-state index contributed by atoms with van der Waals surface area (Å²) in [6.07, 6.45) is 0. The van der Waals surface area contributed by atoms with Crippen LogP contribution < -0.4 is 4.90 Å². The maximum absolute atomic E-state index is 2.46. The zero-order valence-electron chi connectivity index (χ0n) is 23.4. The molecule has 0 saturated heterocycles. The first-order valence-corrected chi connectivity index (χ1v) is 15.6. The van der Waals surface area contributed by atoms with Crippen molar-refractivity contribution in [2.24, 2.45) is 0 Å². The maximum Gasteiger partial charge on any atom is 0.0742 e. The fraction of sp³-hybridized carbons (Fsp3) is 0.0244. The van der Waals surface area contributed by atoms with Crippen LogP contribution in [-0.4, -0.2) is 0 Å². The number of hydrogen-bond donors (Lipinski definition) is 0. The molecule has 7 aromatic carbocycles. The van der Waals surface area contributed by atoms with Crippen LogP contribution in [0, 0.1) is 0 Å². The Hall–Kier alpha value is -5.05. The summed E-state index contributed by atoms with van der Waals surface area (Å²) in [7, 11) is 0. The Bertz CT molecular complexity index is 2130. The standard InChI is InChI=1S/C41H27NS/c1-3-14-29(15-4-1)42(30-16-5-2-6-17-30)31-24-26-39-37(27-31)41(36-21-11-12-22-38(36)43-39)35-20-10-9-19-33(35)34-25-23-28-13-7-8-18-32(28)40(34)41/h1-27H. The van der Waals surface area contributed by atoms with Gasteiger partial charge in [-0.2, -0.15) is 0 Å². The quantitative estimate of drug-likeness (QED) is 0.210. The highest BCUT2D eigenvalue weighted by atomic mass is 32.2. The zero-order valence-corrected chi connectivity index (χ0v) is 24.3. The van der Waals surface area contributed by atoms with Crippen LogP contribution in [0.15, 0.2) is 174 Å². The third-order valence-corrected chi connectivity index (χ3v) is 10.2. The van der Waals surface area contributed by atoms with Crippen LogP contribution in [0.3, 0.4) is 0 Å². The number of benzene rings is 7. The first kappa shape index (κ1) is 24.5. The van der Waals surface area contributed by atoms with Crippen molar-refractivity contribution in [3.63, 3.8) is 0 Å². The Morgan fingerprint density at radius 2 is 1.05 bits per heavy atom. The third kappa shape index (κ3) is 3.48. The zero-order chi connectivity index (χ0) is 28.4. The van der Waals surface area contributed by atoms with Gasteiger partial charge in [-0.05, 0) is 92.7 Å². The van der Waals surface area contributed by atoms with Crippen molar-refractivity contribution < 1.29 is 0 Å². The lowest BCUT2D eigenvalue weighted by molar-refractivity contribution is 0.728. The predicted molar refractivity (Wildman–Crippen MR) is 180 cm³/mol.